The lowest BCUT2D eigenvalue weighted by Gasteiger charge is -2.11. The van der Waals surface area contributed by atoms with E-state index in [1.54, 1.807) is 19.1 Å². The van der Waals surface area contributed by atoms with Crippen molar-refractivity contribution in [3.05, 3.63) is 74.0 Å². The maximum Gasteiger partial charge on any atom is 0.416 e. The molecule has 1 aromatic heterocycles. The molecule has 0 fully saturated rings. The number of aliphatic carboxylic acids is 1. The van der Waals surface area contributed by atoms with E-state index >= 15 is 0 Å². The molecule has 0 amide bonds. The number of nitrogens with zero attached hydrogens (tertiary/aromatic N) is 2. The Morgan fingerprint density at radius 1 is 1.23 bits per heavy atom. The standard InChI is InChI=1S/C22H18ClF3N2O7/c1-12-16(21(27-35-12)15-4-2-13(8-17(15)23)9-20(29)30)11-33-6-7-34-19-5-3-14(22(24,25)26)10-18(19)28(31)32/h2-5,8,10H,6-7,9,11H2,1H3,(H,29,30). The number of alkyl halides is 3. The van der Waals surface area contributed by atoms with Crippen LogP contribution in [0.25, 0.3) is 11.3 Å². The number of rotatable bonds is 10. The second kappa shape index (κ2) is 10.7. The second-order valence-electron chi connectivity index (χ2n) is 7.29. The van der Waals surface area contributed by atoms with Gasteiger partial charge in [-0.2, -0.15) is 13.2 Å². The van der Waals surface area contributed by atoms with Crippen molar-refractivity contribution in [1.82, 2.24) is 5.16 Å². The predicted octanol–water partition coefficient (Wildman–Crippen LogP) is 5.45. The third-order valence-electron chi connectivity index (χ3n) is 4.84. The van der Waals surface area contributed by atoms with Crippen molar-refractivity contribution in [3.8, 4) is 17.0 Å². The third-order valence-corrected chi connectivity index (χ3v) is 5.16. The number of halogens is 4. The summed E-state index contributed by atoms with van der Waals surface area (Å²) in [6.45, 7) is 1.45. The highest BCUT2D eigenvalue weighted by atomic mass is 35.5. The van der Waals surface area contributed by atoms with E-state index in [1.807, 2.05) is 0 Å². The molecule has 13 heteroatoms. The molecule has 0 aliphatic heterocycles. The molecule has 0 aliphatic carbocycles. The van der Waals surface area contributed by atoms with E-state index < -0.39 is 28.3 Å². The van der Waals surface area contributed by atoms with E-state index in [0.29, 0.717) is 40.3 Å². The Kier molecular flexibility index (Phi) is 7.97. The molecule has 0 atom stereocenters. The van der Waals surface area contributed by atoms with Crippen LogP contribution in [0.4, 0.5) is 18.9 Å². The van der Waals surface area contributed by atoms with Crippen LogP contribution in [0.1, 0.15) is 22.5 Å². The molecular formula is C22H18ClF3N2O7. The fraction of sp³-hybridized carbons (Fsp3) is 0.273. The van der Waals surface area contributed by atoms with Crippen LogP contribution < -0.4 is 4.74 Å². The first-order valence-corrected chi connectivity index (χ1v) is 10.4. The predicted molar refractivity (Wildman–Crippen MR) is 116 cm³/mol. The normalized spacial score (nSPS) is 11.5. The van der Waals surface area contributed by atoms with Crippen molar-refractivity contribution in [3.63, 3.8) is 0 Å². The monoisotopic (exact) mass is 514 g/mol. The third kappa shape index (κ3) is 6.49. The van der Waals surface area contributed by atoms with Crippen molar-refractivity contribution in [2.45, 2.75) is 26.1 Å². The lowest BCUT2D eigenvalue weighted by atomic mass is 10.0. The summed E-state index contributed by atoms with van der Waals surface area (Å²) >= 11 is 6.30. The van der Waals surface area contributed by atoms with E-state index in [-0.39, 0.29) is 37.0 Å². The highest BCUT2D eigenvalue weighted by Gasteiger charge is 2.33. The van der Waals surface area contributed by atoms with Crippen LogP contribution in [-0.4, -0.2) is 34.4 Å². The Balaban J connectivity index is 1.63. The maximum absolute atomic E-state index is 12.8. The first-order chi connectivity index (χ1) is 16.5. The van der Waals surface area contributed by atoms with Crippen LogP contribution in [-0.2, 0) is 28.7 Å². The molecule has 0 saturated carbocycles. The number of aryl methyl sites for hydroxylation is 1. The van der Waals surface area contributed by atoms with Crippen LogP contribution in [0.5, 0.6) is 5.75 Å². The smallest absolute Gasteiger partial charge is 0.416 e. The number of nitro groups is 1. The van der Waals surface area contributed by atoms with Crippen LogP contribution in [0.15, 0.2) is 40.9 Å². The Hall–Kier alpha value is -3.64. The van der Waals surface area contributed by atoms with Gasteiger partial charge in [-0.1, -0.05) is 28.9 Å². The number of carbonyl (C=O) groups is 1. The zero-order chi connectivity index (χ0) is 25.8. The van der Waals surface area contributed by atoms with Gasteiger partial charge in [0.25, 0.3) is 0 Å². The van der Waals surface area contributed by atoms with Gasteiger partial charge < -0.3 is 19.1 Å². The summed E-state index contributed by atoms with van der Waals surface area (Å²) < 4.78 is 54.4. The van der Waals surface area contributed by atoms with Crippen LogP contribution >= 0.6 is 11.6 Å². The quantitative estimate of drug-likeness (QED) is 0.215. The van der Waals surface area contributed by atoms with Gasteiger partial charge in [-0.15, -0.1) is 0 Å². The van der Waals surface area contributed by atoms with Gasteiger partial charge in [0, 0.05) is 17.2 Å². The minimum absolute atomic E-state index is 0.0103. The average Bonchev–Trinajstić information content (AvgIpc) is 3.12. The Morgan fingerprint density at radius 3 is 2.60 bits per heavy atom. The number of carboxylic acid groups (broad SMARTS) is 1. The number of hydrogen-bond acceptors (Lipinski definition) is 7. The maximum atomic E-state index is 12.8. The lowest BCUT2D eigenvalue weighted by Crippen LogP contribution is -2.10. The molecule has 1 N–H and O–H groups in total. The van der Waals surface area contributed by atoms with E-state index in [4.69, 9.17) is 30.7 Å². The molecule has 1 heterocycles. The van der Waals surface area contributed by atoms with Gasteiger partial charge in [0.15, 0.2) is 5.75 Å². The van der Waals surface area contributed by atoms with Gasteiger partial charge in [0.05, 0.1) is 35.1 Å². The minimum Gasteiger partial charge on any atom is -0.484 e. The van der Waals surface area contributed by atoms with Gasteiger partial charge in [0.2, 0.25) is 0 Å². The highest BCUT2D eigenvalue weighted by molar-refractivity contribution is 6.33. The Morgan fingerprint density at radius 2 is 1.97 bits per heavy atom. The fourth-order valence-corrected chi connectivity index (χ4v) is 3.44. The molecule has 0 bridgehead atoms. The summed E-state index contributed by atoms with van der Waals surface area (Å²) in [6, 6.07) is 6.74. The van der Waals surface area contributed by atoms with Crippen molar-refractivity contribution >= 4 is 23.3 Å². The van der Waals surface area contributed by atoms with Gasteiger partial charge in [0.1, 0.15) is 18.1 Å². The number of nitro benzene ring substituents is 1. The molecule has 0 spiro atoms. The average molecular weight is 515 g/mol. The molecule has 0 aliphatic rings. The highest BCUT2D eigenvalue weighted by Crippen LogP contribution is 2.36. The molecule has 35 heavy (non-hydrogen) atoms. The molecule has 3 aromatic rings. The molecular weight excluding hydrogens is 497 g/mol. The van der Waals surface area contributed by atoms with Crippen LogP contribution in [0.2, 0.25) is 5.02 Å². The number of carboxylic acids is 1. The van der Waals surface area contributed by atoms with Gasteiger partial charge >= 0.3 is 17.8 Å². The first kappa shape index (κ1) is 26.0. The first-order valence-electron chi connectivity index (χ1n) is 9.99. The SMILES string of the molecule is Cc1onc(-c2ccc(CC(=O)O)cc2Cl)c1COCCOc1ccc(C(F)(F)F)cc1[N+](=O)[O-]. The summed E-state index contributed by atoms with van der Waals surface area (Å²) in [7, 11) is 0. The zero-order valence-electron chi connectivity index (χ0n) is 18.1. The van der Waals surface area contributed by atoms with Crippen molar-refractivity contribution < 1.29 is 42.0 Å². The Labute approximate surface area is 201 Å². The van der Waals surface area contributed by atoms with E-state index in [1.165, 1.54) is 6.07 Å². The summed E-state index contributed by atoms with van der Waals surface area (Å²) in [5.41, 5.74) is 0.0228. The van der Waals surface area contributed by atoms with Gasteiger partial charge in [-0.05, 0) is 30.7 Å². The summed E-state index contributed by atoms with van der Waals surface area (Å²) in [5, 5.41) is 24.3. The summed E-state index contributed by atoms with van der Waals surface area (Å²) in [4.78, 5) is 21.1. The van der Waals surface area contributed by atoms with Crippen LogP contribution in [0.3, 0.4) is 0 Å². The van der Waals surface area contributed by atoms with Gasteiger partial charge in [-0.25, -0.2) is 0 Å². The lowest BCUT2D eigenvalue weighted by molar-refractivity contribution is -0.386. The number of ether oxygens (including phenoxy) is 2. The van der Waals surface area contributed by atoms with E-state index in [9.17, 15) is 28.1 Å². The second-order valence-corrected chi connectivity index (χ2v) is 7.70. The van der Waals surface area contributed by atoms with Crippen LogP contribution in [0, 0.1) is 17.0 Å². The van der Waals surface area contributed by atoms with Crippen molar-refractivity contribution in [2.24, 2.45) is 0 Å². The van der Waals surface area contributed by atoms with Crippen molar-refractivity contribution in [1.29, 1.82) is 0 Å². The zero-order valence-corrected chi connectivity index (χ0v) is 18.9. The molecule has 2 aromatic carbocycles. The molecule has 9 nitrogen and oxygen atoms in total. The molecule has 186 valence electrons. The molecule has 3 rings (SSSR count). The molecule has 0 unspecified atom stereocenters. The minimum atomic E-state index is -4.72. The number of aromatic nitrogens is 1. The molecule has 0 radical (unpaired) electrons. The topological polar surface area (TPSA) is 125 Å². The largest absolute Gasteiger partial charge is 0.484 e. The number of hydrogen-bond donors (Lipinski definition) is 1. The fourth-order valence-electron chi connectivity index (χ4n) is 3.15. The number of benzene rings is 2. The molecule has 0 saturated heterocycles. The van der Waals surface area contributed by atoms with Crippen molar-refractivity contribution in [2.75, 3.05) is 13.2 Å². The van der Waals surface area contributed by atoms with E-state index in [2.05, 4.69) is 5.16 Å². The summed E-state index contributed by atoms with van der Waals surface area (Å²) in [5.74, 6) is -0.865. The Bertz CT molecular complexity index is 1240. The van der Waals surface area contributed by atoms with Gasteiger partial charge in [-0.3, -0.25) is 14.9 Å². The summed E-state index contributed by atoms with van der Waals surface area (Å²) in [6.07, 6.45) is -4.91. The van der Waals surface area contributed by atoms with E-state index in [0.717, 1.165) is 6.07 Å².